The van der Waals surface area contributed by atoms with Crippen LogP contribution in [0.3, 0.4) is 0 Å². The van der Waals surface area contributed by atoms with Crippen molar-refractivity contribution >= 4 is 5.82 Å². The third kappa shape index (κ3) is 3.65. The summed E-state index contributed by atoms with van der Waals surface area (Å²) in [4.78, 5) is 11.6. The van der Waals surface area contributed by atoms with Crippen molar-refractivity contribution < 1.29 is 18.3 Å². The summed E-state index contributed by atoms with van der Waals surface area (Å²) >= 11 is 0. The van der Waals surface area contributed by atoms with Gasteiger partial charge in [-0.3, -0.25) is 4.90 Å². The van der Waals surface area contributed by atoms with Gasteiger partial charge in [0.15, 0.2) is 11.6 Å². The van der Waals surface area contributed by atoms with Gasteiger partial charge in [-0.1, -0.05) is 20.8 Å². The number of pyridine rings is 1. The minimum Gasteiger partial charge on any atom is -0.431 e. The largest absolute Gasteiger partial charge is 0.431 e. The molecular formula is C23H31F2N5O2. The summed E-state index contributed by atoms with van der Waals surface area (Å²) in [6, 6.07) is 1.50. The molecule has 7 nitrogen and oxygen atoms in total. The maximum absolute atomic E-state index is 12.8. The molecule has 1 saturated heterocycles. The fraction of sp³-hybridized carbons (Fsp3) is 0.652. The van der Waals surface area contributed by atoms with Crippen molar-refractivity contribution in [1.82, 2.24) is 19.4 Å². The van der Waals surface area contributed by atoms with E-state index in [1.54, 1.807) is 6.20 Å². The monoisotopic (exact) mass is 447 g/mol. The van der Waals surface area contributed by atoms with Crippen molar-refractivity contribution in [2.75, 3.05) is 32.0 Å². The van der Waals surface area contributed by atoms with E-state index in [1.807, 2.05) is 0 Å². The Morgan fingerprint density at radius 1 is 1.19 bits per heavy atom. The molecule has 4 fully saturated rings. The van der Waals surface area contributed by atoms with Crippen molar-refractivity contribution in [3.05, 3.63) is 24.3 Å². The van der Waals surface area contributed by atoms with E-state index in [-0.39, 0.29) is 22.5 Å². The lowest BCUT2D eigenvalue weighted by Crippen LogP contribution is -2.79. The van der Waals surface area contributed by atoms with Gasteiger partial charge < -0.3 is 19.8 Å². The van der Waals surface area contributed by atoms with Gasteiger partial charge in [-0.05, 0) is 30.7 Å². The van der Waals surface area contributed by atoms with Gasteiger partial charge in [-0.2, -0.15) is 8.78 Å². The molecule has 3 saturated carbocycles. The third-order valence-corrected chi connectivity index (χ3v) is 7.03. The fourth-order valence-electron chi connectivity index (χ4n) is 5.66. The first-order valence-corrected chi connectivity index (χ1v) is 11.2. The van der Waals surface area contributed by atoms with E-state index in [4.69, 9.17) is 15.5 Å². The molecule has 0 atom stereocenters. The molecule has 3 heterocycles. The van der Waals surface area contributed by atoms with Gasteiger partial charge in [0.05, 0.1) is 24.4 Å². The number of anilines is 1. The molecule has 0 unspecified atom stereocenters. The van der Waals surface area contributed by atoms with E-state index in [1.165, 1.54) is 6.07 Å². The van der Waals surface area contributed by atoms with Crippen molar-refractivity contribution in [1.29, 1.82) is 0 Å². The Labute approximate surface area is 186 Å². The highest BCUT2D eigenvalue weighted by Gasteiger charge is 2.71. The highest BCUT2D eigenvalue weighted by atomic mass is 19.3. The Morgan fingerprint density at radius 2 is 1.88 bits per heavy atom. The molecule has 2 bridgehead atoms. The zero-order chi connectivity index (χ0) is 22.7. The number of morpholine rings is 1. The Bertz CT molecular complexity index is 991. The predicted molar refractivity (Wildman–Crippen MR) is 117 cm³/mol. The average Bonchev–Trinajstić information content (AvgIpc) is 3.04. The van der Waals surface area contributed by atoms with E-state index in [9.17, 15) is 8.78 Å². The number of imidazole rings is 1. The first-order chi connectivity index (χ1) is 15.1. The Balaban J connectivity index is 1.44. The average molecular weight is 448 g/mol. The first-order valence-electron chi connectivity index (χ1n) is 11.2. The second-order valence-electron chi connectivity index (χ2n) is 10.7. The van der Waals surface area contributed by atoms with Crippen molar-refractivity contribution in [3.63, 3.8) is 0 Å². The molecule has 32 heavy (non-hydrogen) atoms. The van der Waals surface area contributed by atoms with Crippen LogP contribution < -0.4 is 10.5 Å². The molecular weight excluding hydrogens is 416 g/mol. The number of nitrogens with two attached hydrogens (primary N) is 1. The normalized spacial score (nSPS) is 27.8. The number of nitrogen functional groups attached to an aromatic ring is 1. The number of ether oxygens (including phenoxy) is 2. The standard InChI is InChI=1S/C23H31F2N5O2/c1-21(2,3)9-18-28-16(15-8-17(32-20(24)25)19(26)27-10-15)11-30(18)23-12-22(13-23,14-23)29-4-6-31-7-5-29/h8,10-11,20H,4-7,9,12-14H2,1-3H3,(H2,26,27). The number of hydrogen-bond acceptors (Lipinski definition) is 6. The SMILES string of the molecule is CC(C)(C)Cc1nc(-c2cnc(N)c(OC(F)F)c2)cn1C12CC(N3CCOCC3)(C1)C2. The quantitative estimate of drug-likeness (QED) is 0.728. The zero-order valence-corrected chi connectivity index (χ0v) is 18.9. The van der Waals surface area contributed by atoms with Crippen LogP contribution in [-0.2, 0) is 16.7 Å². The first kappa shape index (κ1) is 21.6. The van der Waals surface area contributed by atoms with Crippen LogP contribution >= 0.6 is 0 Å². The van der Waals surface area contributed by atoms with Crippen molar-refractivity contribution in [2.45, 2.75) is 64.1 Å². The summed E-state index contributed by atoms with van der Waals surface area (Å²) in [6.45, 7) is 7.26. The van der Waals surface area contributed by atoms with Crippen LogP contribution in [0.25, 0.3) is 11.3 Å². The lowest BCUT2D eigenvalue weighted by atomic mass is 9.43. The molecule has 3 aliphatic carbocycles. The highest BCUT2D eigenvalue weighted by molar-refractivity contribution is 5.64. The van der Waals surface area contributed by atoms with Crippen LogP contribution in [0.1, 0.15) is 45.9 Å². The molecule has 2 N–H and O–H groups in total. The molecule has 0 radical (unpaired) electrons. The second-order valence-corrected chi connectivity index (χ2v) is 10.7. The summed E-state index contributed by atoms with van der Waals surface area (Å²) < 4.78 is 37.9. The molecule has 2 aromatic heterocycles. The molecule has 1 aliphatic heterocycles. The maximum atomic E-state index is 12.8. The second kappa shape index (κ2) is 7.38. The van der Waals surface area contributed by atoms with Gasteiger partial charge in [0.1, 0.15) is 5.82 Å². The molecule has 4 aliphatic rings. The van der Waals surface area contributed by atoms with Gasteiger partial charge >= 0.3 is 6.61 Å². The molecule has 174 valence electrons. The number of halogens is 2. The van der Waals surface area contributed by atoms with E-state index >= 15 is 0 Å². The predicted octanol–water partition coefficient (Wildman–Crippen LogP) is 3.68. The zero-order valence-electron chi connectivity index (χ0n) is 18.9. The summed E-state index contributed by atoms with van der Waals surface area (Å²) in [5, 5.41) is 0. The van der Waals surface area contributed by atoms with Crippen molar-refractivity contribution in [2.24, 2.45) is 5.41 Å². The minimum atomic E-state index is -2.96. The molecule has 0 amide bonds. The van der Waals surface area contributed by atoms with E-state index in [0.29, 0.717) is 16.8 Å². The van der Waals surface area contributed by atoms with Gasteiger partial charge in [-0.15, -0.1) is 0 Å². The van der Waals surface area contributed by atoms with Gasteiger partial charge in [0.2, 0.25) is 0 Å². The molecule has 0 aromatic carbocycles. The van der Waals surface area contributed by atoms with Crippen LogP contribution in [0, 0.1) is 5.41 Å². The van der Waals surface area contributed by atoms with Crippen LogP contribution in [0.2, 0.25) is 0 Å². The summed E-state index contributed by atoms with van der Waals surface area (Å²) in [6.07, 6.45) is 7.80. The number of nitrogens with zero attached hydrogens (tertiary/aromatic N) is 4. The Hall–Kier alpha value is -2.26. The summed E-state index contributed by atoms with van der Waals surface area (Å²) in [5.41, 5.74) is 7.51. The van der Waals surface area contributed by atoms with E-state index in [2.05, 4.69) is 46.2 Å². The lowest BCUT2D eigenvalue weighted by molar-refractivity contribution is -0.221. The van der Waals surface area contributed by atoms with Gasteiger partial charge in [0.25, 0.3) is 0 Å². The summed E-state index contributed by atoms with van der Waals surface area (Å²) in [5.74, 6) is 0.840. The minimum absolute atomic E-state index is 0.0599. The topological polar surface area (TPSA) is 78.4 Å². The number of rotatable bonds is 6. The van der Waals surface area contributed by atoms with Crippen LogP contribution in [0.5, 0.6) is 5.75 Å². The van der Waals surface area contributed by atoms with Crippen LogP contribution in [0.15, 0.2) is 18.5 Å². The molecule has 2 aromatic rings. The number of alkyl halides is 2. The Morgan fingerprint density at radius 3 is 2.50 bits per heavy atom. The number of hydrogen-bond donors (Lipinski definition) is 1. The van der Waals surface area contributed by atoms with Crippen LogP contribution in [0.4, 0.5) is 14.6 Å². The lowest BCUT2D eigenvalue weighted by Gasteiger charge is -2.74. The van der Waals surface area contributed by atoms with E-state index < -0.39 is 6.61 Å². The summed E-state index contributed by atoms with van der Waals surface area (Å²) in [7, 11) is 0. The molecule has 0 spiro atoms. The van der Waals surface area contributed by atoms with Crippen LogP contribution in [-0.4, -0.2) is 57.9 Å². The third-order valence-electron chi connectivity index (χ3n) is 7.03. The number of aromatic nitrogens is 3. The smallest absolute Gasteiger partial charge is 0.387 e. The van der Waals surface area contributed by atoms with Crippen molar-refractivity contribution in [3.8, 4) is 17.0 Å². The van der Waals surface area contributed by atoms with Gasteiger partial charge in [-0.25, -0.2) is 9.97 Å². The maximum Gasteiger partial charge on any atom is 0.387 e. The molecule has 9 heteroatoms. The molecule has 6 rings (SSSR count). The van der Waals surface area contributed by atoms with E-state index in [0.717, 1.165) is 57.8 Å². The fourth-order valence-corrected chi connectivity index (χ4v) is 5.66. The Kier molecular flexibility index (Phi) is 4.98. The highest BCUT2D eigenvalue weighted by Crippen LogP contribution is 2.68. The van der Waals surface area contributed by atoms with Gasteiger partial charge in [0, 0.05) is 43.0 Å².